The van der Waals surface area contributed by atoms with Gasteiger partial charge in [-0.2, -0.15) is 5.10 Å². The smallest absolute Gasteiger partial charge is 0.234 e. The van der Waals surface area contributed by atoms with Crippen molar-refractivity contribution in [2.24, 2.45) is 14.1 Å². The molecule has 0 bridgehead atoms. The van der Waals surface area contributed by atoms with Crippen LogP contribution in [0.1, 0.15) is 105 Å². The van der Waals surface area contributed by atoms with Crippen LogP contribution in [-0.2, 0) is 50.5 Å². The molecule has 376 valence electrons. The lowest BCUT2D eigenvalue weighted by Crippen LogP contribution is -2.39. The largest absolute Gasteiger partial charge is 0.379 e. The molecule has 1 saturated heterocycles. The van der Waals surface area contributed by atoms with E-state index >= 15 is 0 Å². The molecule has 8 rings (SSSR count). The molecule has 70 heavy (non-hydrogen) atoms. The third-order valence-corrected chi connectivity index (χ3v) is 12.7. The fourth-order valence-corrected chi connectivity index (χ4v) is 7.83. The van der Waals surface area contributed by atoms with E-state index in [0.29, 0.717) is 25.4 Å². The van der Waals surface area contributed by atoms with Gasteiger partial charge in [-0.15, -0.1) is 15.3 Å². The number of nitrogens with zero attached hydrogens (tertiary/aromatic N) is 13. The summed E-state index contributed by atoms with van der Waals surface area (Å²) in [5, 5.41) is 22.8. The van der Waals surface area contributed by atoms with Crippen LogP contribution in [0.25, 0.3) is 34.0 Å². The van der Waals surface area contributed by atoms with E-state index in [2.05, 4.69) is 146 Å². The number of H-pyrrole nitrogens is 1. The average Bonchev–Trinajstić information content (AvgIpc) is 4.10. The Morgan fingerprint density at radius 1 is 0.686 bits per heavy atom. The number of sulfonamides is 1. The van der Waals surface area contributed by atoms with Gasteiger partial charge in [-0.05, 0) is 68.2 Å². The number of aromatic nitrogens is 13. The Balaban J connectivity index is 0.000000177. The number of aryl methyl sites for hydroxylation is 2. The van der Waals surface area contributed by atoms with Crippen LogP contribution < -0.4 is 4.72 Å². The highest BCUT2D eigenvalue weighted by molar-refractivity contribution is 7.92. The second-order valence-corrected chi connectivity index (χ2v) is 23.4. The van der Waals surface area contributed by atoms with Crippen molar-refractivity contribution in [2.75, 3.05) is 43.3 Å². The number of anilines is 1. The van der Waals surface area contributed by atoms with Crippen molar-refractivity contribution in [3.8, 4) is 34.0 Å². The highest BCUT2D eigenvalue weighted by Gasteiger charge is 2.22. The quantitative estimate of drug-likeness (QED) is 0.137. The van der Waals surface area contributed by atoms with Gasteiger partial charge in [-0.3, -0.25) is 34.4 Å². The van der Waals surface area contributed by atoms with Crippen LogP contribution in [0, 0.1) is 0 Å². The lowest BCUT2D eigenvalue weighted by atomic mass is 9.87. The molecule has 0 radical (unpaired) electrons. The lowest BCUT2D eigenvalue weighted by molar-refractivity contribution is 0.0408. The van der Waals surface area contributed by atoms with E-state index in [1.54, 1.807) is 29.5 Å². The van der Waals surface area contributed by atoms with Crippen LogP contribution in [-0.4, -0.2) is 117 Å². The summed E-state index contributed by atoms with van der Waals surface area (Å²) < 4.78 is 36.0. The molecule has 0 spiro atoms. The number of rotatable bonds is 8. The van der Waals surface area contributed by atoms with Crippen LogP contribution in [0.2, 0.25) is 5.15 Å². The lowest BCUT2D eigenvalue weighted by Gasteiger charge is -2.26. The molecule has 20 heteroatoms. The van der Waals surface area contributed by atoms with E-state index in [9.17, 15) is 8.42 Å². The molecule has 1 fully saturated rings. The number of aromatic amines is 1. The zero-order valence-corrected chi connectivity index (χ0v) is 44.7. The number of ether oxygens (including phenoxy) is 1. The van der Waals surface area contributed by atoms with Crippen LogP contribution >= 0.6 is 11.6 Å². The van der Waals surface area contributed by atoms with E-state index < -0.39 is 10.0 Å². The molecule has 0 unspecified atom stereocenters. The van der Waals surface area contributed by atoms with Gasteiger partial charge in [-0.1, -0.05) is 99.9 Å². The van der Waals surface area contributed by atoms with E-state index in [4.69, 9.17) is 16.3 Å². The molecule has 7 aromatic rings. The summed E-state index contributed by atoms with van der Waals surface area (Å²) in [6, 6.07) is 8.09. The predicted octanol–water partition coefficient (Wildman–Crippen LogP) is 8.62. The first-order valence-corrected chi connectivity index (χ1v) is 25.1. The Hall–Kier alpha value is -6.02. The minimum absolute atomic E-state index is 0.0169. The summed E-state index contributed by atoms with van der Waals surface area (Å²) in [5.74, 6) is 1.62. The standard InChI is InChI=1S/C15H24ClN3O3S.2C12H16N4.C11H14N4/c1-15(2,3)12-10-13(14(16)17-11-12)18-23(20,21)9-6-19-4-7-22-8-5-19;1-12(2,3)10-5-9(6-13-7-10)11-15-14-8-16(11)4;1-12(2,3)10-5-9(6-13-7-10)11-8-16(4)15-14-11;1-11(2,3)9-4-8(5-12-6-9)10-13-7-14-15-10/h10-11,18H,4-9H2,1-3H3;2*5-8H,1-4H3;4-7H,1-3H3,(H,13,14,15). The molecule has 1 aliphatic rings. The maximum atomic E-state index is 12.3. The normalized spacial score (nSPS) is 13.5. The Morgan fingerprint density at radius 2 is 1.21 bits per heavy atom. The third-order valence-electron chi connectivity index (χ3n) is 11.1. The van der Waals surface area contributed by atoms with Crippen molar-refractivity contribution in [1.29, 1.82) is 0 Å². The monoisotopic (exact) mass is 996 g/mol. The Kier molecular flexibility index (Phi) is 18.3. The van der Waals surface area contributed by atoms with Crippen molar-refractivity contribution in [1.82, 2.24) is 69.8 Å². The second-order valence-electron chi connectivity index (χ2n) is 21.2. The zero-order valence-electron chi connectivity index (χ0n) is 43.2. The van der Waals surface area contributed by atoms with Crippen molar-refractivity contribution in [2.45, 2.75) is 105 Å². The van der Waals surface area contributed by atoms with Crippen LogP contribution in [0.4, 0.5) is 5.69 Å². The molecule has 0 aromatic carbocycles. The summed E-state index contributed by atoms with van der Waals surface area (Å²) in [4.78, 5) is 23.0. The van der Waals surface area contributed by atoms with E-state index in [-0.39, 0.29) is 32.6 Å². The third kappa shape index (κ3) is 16.6. The SMILES string of the molecule is CC(C)(C)c1cnc(Cl)c(NS(=O)(=O)CCN2CCOCC2)c1.CC(C)(C)c1cncc(-c2ncn[nH]2)c1.Cn1cc(-c2cncc(C(C)(C)C)c2)nn1.Cn1cnnc1-c1cncc(C(C)(C)C)c1. The molecule has 0 atom stereocenters. The van der Waals surface area contributed by atoms with E-state index in [1.165, 1.54) is 23.0 Å². The fourth-order valence-electron chi connectivity index (χ4n) is 6.53. The molecule has 2 N–H and O–H groups in total. The van der Waals surface area contributed by atoms with Gasteiger partial charge in [-0.25, -0.2) is 18.4 Å². The fraction of sp³-hybridized carbons (Fsp3) is 0.480. The van der Waals surface area contributed by atoms with Crippen LogP contribution in [0.3, 0.4) is 0 Å². The Labute approximate surface area is 418 Å². The molecular weight excluding hydrogens is 926 g/mol. The van der Waals surface area contributed by atoms with E-state index in [0.717, 1.165) is 52.7 Å². The summed E-state index contributed by atoms with van der Waals surface area (Å²) in [6.45, 7) is 28.9. The topological polar surface area (TPSA) is 213 Å². The Morgan fingerprint density at radius 3 is 1.71 bits per heavy atom. The molecule has 7 aromatic heterocycles. The Bertz CT molecular complexity index is 2850. The molecule has 8 heterocycles. The van der Waals surface area contributed by atoms with Crippen molar-refractivity contribution in [3.05, 3.63) is 114 Å². The highest BCUT2D eigenvalue weighted by Crippen LogP contribution is 2.30. The first-order valence-electron chi connectivity index (χ1n) is 23.1. The molecule has 18 nitrogen and oxygen atoms in total. The summed E-state index contributed by atoms with van der Waals surface area (Å²) in [5.41, 5.74) is 8.88. The van der Waals surface area contributed by atoms with Crippen molar-refractivity contribution in [3.63, 3.8) is 0 Å². The second kappa shape index (κ2) is 23.3. The highest BCUT2D eigenvalue weighted by atomic mass is 35.5. The van der Waals surface area contributed by atoms with Gasteiger partial charge < -0.3 is 9.30 Å². The van der Waals surface area contributed by atoms with Gasteiger partial charge in [0.15, 0.2) is 16.8 Å². The van der Waals surface area contributed by atoms with Crippen LogP contribution in [0.5, 0.6) is 0 Å². The summed E-state index contributed by atoms with van der Waals surface area (Å²) >= 11 is 6.04. The summed E-state index contributed by atoms with van der Waals surface area (Å²) in [7, 11) is 0.313. The molecule has 0 aliphatic carbocycles. The minimum Gasteiger partial charge on any atom is -0.379 e. The molecule has 1 aliphatic heterocycles. The number of hydrogen-bond donors (Lipinski definition) is 2. The molecular formula is C50H70ClN15O3S. The number of nitrogens with one attached hydrogen (secondary N) is 2. The van der Waals surface area contributed by atoms with E-state index in [1.807, 2.05) is 76.6 Å². The predicted molar refractivity (Wildman–Crippen MR) is 277 cm³/mol. The number of morpholine rings is 1. The van der Waals surface area contributed by atoms with Gasteiger partial charge in [0, 0.05) is 93.8 Å². The summed E-state index contributed by atoms with van der Waals surface area (Å²) in [6.07, 6.45) is 17.9. The van der Waals surface area contributed by atoms with Gasteiger partial charge in [0.25, 0.3) is 0 Å². The van der Waals surface area contributed by atoms with Gasteiger partial charge in [0.05, 0.1) is 30.9 Å². The minimum atomic E-state index is -3.48. The van der Waals surface area contributed by atoms with Gasteiger partial charge in [0.1, 0.15) is 18.3 Å². The van der Waals surface area contributed by atoms with Crippen molar-refractivity contribution < 1.29 is 13.2 Å². The zero-order chi connectivity index (χ0) is 51.5. The molecule has 0 amide bonds. The number of hydrogen-bond acceptors (Lipinski definition) is 14. The first-order chi connectivity index (χ1) is 32.7. The maximum Gasteiger partial charge on any atom is 0.234 e. The number of halogens is 1. The first kappa shape index (κ1) is 54.9. The van der Waals surface area contributed by atoms with Crippen LogP contribution in [0.15, 0.2) is 86.5 Å². The van der Waals surface area contributed by atoms with Crippen molar-refractivity contribution >= 4 is 27.3 Å². The average molecular weight is 997 g/mol. The maximum absolute atomic E-state index is 12.3. The molecule has 0 saturated carbocycles. The van der Waals surface area contributed by atoms with Gasteiger partial charge >= 0.3 is 0 Å². The number of pyridine rings is 4. The van der Waals surface area contributed by atoms with Gasteiger partial charge in [0.2, 0.25) is 10.0 Å².